The molecule has 0 saturated carbocycles. The summed E-state index contributed by atoms with van der Waals surface area (Å²) in [5.41, 5.74) is 7.72. The summed E-state index contributed by atoms with van der Waals surface area (Å²) in [7, 11) is 0. The number of benzene rings is 1. The lowest BCUT2D eigenvalue weighted by atomic mass is 10.0. The minimum absolute atomic E-state index is 0.482. The second-order valence-electron chi connectivity index (χ2n) is 2.98. The molecule has 1 rings (SSSR count). The second kappa shape index (κ2) is 3.96. The third-order valence-corrected chi connectivity index (χ3v) is 1.94. The summed E-state index contributed by atoms with van der Waals surface area (Å²) in [4.78, 5) is 0. The van der Waals surface area contributed by atoms with E-state index < -0.39 is 0 Å². The van der Waals surface area contributed by atoms with Crippen molar-refractivity contribution in [3.8, 4) is 0 Å². The van der Waals surface area contributed by atoms with Crippen LogP contribution in [0.1, 0.15) is 25.3 Å². The molecular weight excluding hydrogens is 146 g/mol. The molecule has 0 aliphatic carbocycles. The molecule has 0 aliphatic heterocycles. The van der Waals surface area contributed by atoms with Gasteiger partial charge in [-0.1, -0.05) is 31.2 Å². The van der Waals surface area contributed by atoms with Crippen molar-refractivity contribution >= 4 is 5.69 Å². The topological polar surface area (TPSA) is 26.0 Å². The van der Waals surface area contributed by atoms with E-state index in [1.807, 2.05) is 19.1 Å². The summed E-state index contributed by atoms with van der Waals surface area (Å²) in [6.07, 6.45) is 4.24. The highest BCUT2D eigenvalue weighted by Gasteiger charge is 1.98. The first-order valence-corrected chi connectivity index (χ1v) is 4.22. The van der Waals surface area contributed by atoms with Gasteiger partial charge in [-0.25, -0.2) is 0 Å². The number of allylic oxidation sites excluding steroid dienone is 2. The first kappa shape index (κ1) is 8.85. The molecule has 0 heterocycles. The van der Waals surface area contributed by atoms with E-state index in [1.54, 1.807) is 0 Å². The van der Waals surface area contributed by atoms with Crippen LogP contribution < -0.4 is 5.73 Å². The Morgan fingerprint density at radius 2 is 1.83 bits per heavy atom. The predicted octanol–water partition coefficient (Wildman–Crippen LogP) is 2.95. The fraction of sp³-hybridized carbons (Fsp3) is 0.273. The van der Waals surface area contributed by atoms with Gasteiger partial charge in [0, 0.05) is 5.69 Å². The van der Waals surface area contributed by atoms with Gasteiger partial charge in [-0.2, -0.15) is 0 Å². The fourth-order valence-electron chi connectivity index (χ4n) is 1.20. The highest BCUT2D eigenvalue weighted by Crippen LogP contribution is 2.17. The van der Waals surface area contributed by atoms with E-state index in [0.29, 0.717) is 5.92 Å². The van der Waals surface area contributed by atoms with Crippen molar-refractivity contribution in [1.82, 2.24) is 0 Å². The molecule has 0 unspecified atom stereocenters. The maximum absolute atomic E-state index is 5.58. The Balaban J connectivity index is 2.82. The average molecular weight is 161 g/mol. The number of anilines is 1. The Bertz CT molecular complexity index is 259. The molecule has 12 heavy (non-hydrogen) atoms. The van der Waals surface area contributed by atoms with Crippen molar-refractivity contribution in [2.75, 3.05) is 5.73 Å². The molecule has 1 aromatic rings. The zero-order valence-corrected chi connectivity index (χ0v) is 7.62. The number of nitrogens with two attached hydrogens (primary N) is 1. The van der Waals surface area contributed by atoms with Crippen LogP contribution in [-0.4, -0.2) is 0 Å². The smallest absolute Gasteiger partial charge is 0.0314 e. The SMILES string of the molecule is C/C=C/[C@@H](C)c1ccc(N)cc1. The zero-order chi connectivity index (χ0) is 8.97. The van der Waals surface area contributed by atoms with Gasteiger partial charge in [-0.15, -0.1) is 0 Å². The number of hydrogen-bond donors (Lipinski definition) is 1. The summed E-state index contributed by atoms with van der Waals surface area (Å²) in [5, 5.41) is 0. The average Bonchev–Trinajstić information content (AvgIpc) is 2.06. The summed E-state index contributed by atoms with van der Waals surface area (Å²) < 4.78 is 0. The van der Waals surface area contributed by atoms with Gasteiger partial charge in [0.25, 0.3) is 0 Å². The Morgan fingerprint density at radius 3 is 2.33 bits per heavy atom. The van der Waals surface area contributed by atoms with Gasteiger partial charge in [0.1, 0.15) is 0 Å². The van der Waals surface area contributed by atoms with Gasteiger partial charge < -0.3 is 5.73 Å². The van der Waals surface area contributed by atoms with E-state index in [-0.39, 0.29) is 0 Å². The van der Waals surface area contributed by atoms with Crippen LogP contribution in [0.2, 0.25) is 0 Å². The maximum Gasteiger partial charge on any atom is 0.0314 e. The Hall–Kier alpha value is -1.24. The van der Waals surface area contributed by atoms with Crippen molar-refractivity contribution < 1.29 is 0 Å². The molecule has 1 nitrogen and oxygen atoms in total. The van der Waals surface area contributed by atoms with Crippen molar-refractivity contribution in [3.63, 3.8) is 0 Å². The van der Waals surface area contributed by atoms with Gasteiger partial charge in [0.2, 0.25) is 0 Å². The number of hydrogen-bond acceptors (Lipinski definition) is 1. The van der Waals surface area contributed by atoms with Gasteiger partial charge in [-0.05, 0) is 30.5 Å². The van der Waals surface area contributed by atoms with E-state index in [2.05, 4.69) is 31.2 Å². The summed E-state index contributed by atoms with van der Waals surface area (Å²) in [6, 6.07) is 8.02. The Kier molecular flexibility index (Phi) is 2.92. The molecule has 2 N–H and O–H groups in total. The monoisotopic (exact) mass is 161 g/mol. The molecule has 1 heteroatoms. The summed E-state index contributed by atoms with van der Waals surface area (Å²) in [6.45, 7) is 4.21. The van der Waals surface area contributed by atoms with Crippen LogP contribution in [0.3, 0.4) is 0 Å². The van der Waals surface area contributed by atoms with Gasteiger partial charge in [-0.3, -0.25) is 0 Å². The first-order chi connectivity index (χ1) is 5.74. The lowest BCUT2D eigenvalue weighted by Gasteiger charge is -2.05. The quantitative estimate of drug-likeness (QED) is 0.523. The molecule has 64 valence electrons. The molecule has 0 fully saturated rings. The van der Waals surface area contributed by atoms with Crippen LogP contribution in [0.25, 0.3) is 0 Å². The highest BCUT2D eigenvalue weighted by molar-refractivity contribution is 5.40. The normalized spacial score (nSPS) is 13.5. The summed E-state index contributed by atoms with van der Waals surface area (Å²) >= 11 is 0. The van der Waals surface area contributed by atoms with E-state index in [0.717, 1.165) is 5.69 Å². The molecule has 1 aromatic carbocycles. The van der Waals surface area contributed by atoms with Gasteiger partial charge >= 0.3 is 0 Å². The van der Waals surface area contributed by atoms with Crippen LogP contribution in [0.4, 0.5) is 5.69 Å². The lowest BCUT2D eigenvalue weighted by Crippen LogP contribution is -1.90. The minimum Gasteiger partial charge on any atom is -0.399 e. The standard InChI is InChI=1S/C11H15N/c1-3-4-9(2)10-5-7-11(12)8-6-10/h3-9H,12H2,1-2H3/b4-3+/t9-/m1/s1. The van der Waals surface area contributed by atoms with E-state index in [9.17, 15) is 0 Å². The van der Waals surface area contributed by atoms with Gasteiger partial charge in [0.05, 0.1) is 0 Å². The number of nitrogen functional groups attached to an aromatic ring is 1. The van der Waals surface area contributed by atoms with Gasteiger partial charge in [0.15, 0.2) is 0 Å². The van der Waals surface area contributed by atoms with Crippen molar-refractivity contribution in [2.45, 2.75) is 19.8 Å². The van der Waals surface area contributed by atoms with Crippen molar-refractivity contribution in [3.05, 3.63) is 42.0 Å². The van der Waals surface area contributed by atoms with Crippen LogP contribution in [-0.2, 0) is 0 Å². The van der Waals surface area contributed by atoms with E-state index in [4.69, 9.17) is 5.73 Å². The highest BCUT2D eigenvalue weighted by atomic mass is 14.5. The van der Waals surface area contributed by atoms with Crippen LogP contribution >= 0.6 is 0 Å². The maximum atomic E-state index is 5.58. The molecule has 0 amide bonds. The van der Waals surface area contributed by atoms with Crippen LogP contribution in [0.5, 0.6) is 0 Å². The number of rotatable bonds is 2. The molecule has 0 aromatic heterocycles. The third-order valence-electron chi connectivity index (χ3n) is 1.94. The fourth-order valence-corrected chi connectivity index (χ4v) is 1.20. The third kappa shape index (κ3) is 2.12. The van der Waals surface area contributed by atoms with Crippen LogP contribution in [0, 0.1) is 0 Å². The molecular formula is C11H15N. The lowest BCUT2D eigenvalue weighted by molar-refractivity contribution is 0.965. The summed E-state index contributed by atoms with van der Waals surface area (Å²) in [5.74, 6) is 0.482. The molecule has 0 saturated heterocycles. The minimum atomic E-state index is 0.482. The Labute approximate surface area is 73.9 Å². The first-order valence-electron chi connectivity index (χ1n) is 4.22. The molecule has 1 atom stereocenters. The Morgan fingerprint density at radius 1 is 1.25 bits per heavy atom. The van der Waals surface area contributed by atoms with Crippen molar-refractivity contribution in [2.24, 2.45) is 0 Å². The largest absolute Gasteiger partial charge is 0.399 e. The predicted molar refractivity (Wildman–Crippen MR) is 54.1 cm³/mol. The molecule has 0 spiro atoms. The second-order valence-corrected chi connectivity index (χ2v) is 2.98. The van der Waals surface area contributed by atoms with E-state index >= 15 is 0 Å². The zero-order valence-electron chi connectivity index (χ0n) is 7.62. The molecule has 0 aliphatic rings. The molecule has 0 bridgehead atoms. The van der Waals surface area contributed by atoms with E-state index in [1.165, 1.54) is 5.56 Å². The van der Waals surface area contributed by atoms with Crippen LogP contribution in [0.15, 0.2) is 36.4 Å². The van der Waals surface area contributed by atoms with Crippen molar-refractivity contribution in [1.29, 1.82) is 0 Å². The molecule has 0 radical (unpaired) electrons.